The second-order valence-corrected chi connectivity index (χ2v) is 6.55. The molecule has 0 aliphatic rings. The van der Waals surface area contributed by atoms with Crippen molar-refractivity contribution in [2.45, 2.75) is 39.7 Å². The zero-order chi connectivity index (χ0) is 18.9. The molecule has 0 N–H and O–H groups in total. The van der Waals surface area contributed by atoms with Crippen LogP contribution in [0.3, 0.4) is 0 Å². The van der Waals surface area contributed by atoms with Gasteiger partial charge in [0.15, 0.2) is 6.61 Å². The molecule has 1 amide bonds. The van der Waals surface area contributed by atoms with E-state index in [9.17, 15) is 4.79 Å². The largest absolute Gasteiger partial charge is 0.484 e. The fourth-order valence-electron chi connectivity index (χ4n) is 2.81. The lowest BCUT2D eigenvalue weighted by Crippen LogP contribution is -2.35. The standard InChI is InChI=1S/C21H25N3O2/c1-16(2)20-8-7-19(12-17(20)3)26-15-21(25)24(11-5-9-22)14-18-6-4-10-23-13-18/h4,6-8,10,12-13,16H,5,11,14-15H2,1-3H3. The summed E-state index contributed by atoms with van der Waals surface area (Å²) >= 11 is 0. The smallest absolute Gasteiger partial charge is 0.260 e. The molecule has 1 heterocycles. The molecule has 0 aliphatic heterocycles. The van der Waals surface area contributed by atoms with Gasteiger partial charge in [-0.05, 0) is 47.7 Å². The second-order valence-electron chi connectivity index (χ2n) is 6.55. The highest BCUT2D eigenvalue weighted by molar-refractivity contribution is 5.77. The van der Waals surface area contributed by atoms with Crippen LogP contribution in [0.1, 0.15) is 42.9 Å². The number of hydrogen-bond acceptors (Lipinski definition) is 4. The van der Waals surface area contributed by atoms with Crippen molar-refractivity contribution in [3.05, 3.63) is 59.4 Å². The fraction of sp³-hybridized carbons (Fsp3) is 0.381. The van der Waals surface area contributed by atoms with E-state index in [1.54, 1.807) is 17.3 Å². The fourth-order valence-corrected chi connectivity index (χ4v) is 2.81. The predicted molar refractivity (Wildman–Crippen MR) is 101 cm³/mol. The zero-order valence-electron chi connectivity index (χ0n) is 15.6. The first kappa shape index (κ1) is 19.5. The first-order chi connectivity index (χ1) is 12.5. The summed E-state index contributed by atoms with van der Waals surface area (Å²) in [4.78, 5) is 18.3. The summed E-state index contributed by atoms with van der Waals surface area (Å²) < 4.78 is 5.69. The lowest BCUT2D eigenvalue weighted by molar-refractivity contribution is -0.133. The summed E-state index contributed by atoms with van der Waals surface area (Å²) in [5.74, 6) is 0.989. The van der Waals surface area contributed by atoms with Crippen LogP contribution in [0.5, 0.6) is 5.75 Å². The summed E-state index contributed by atoms with van der Waals surface area (Å²) in [6.45, 7) is 7.09. The van der Waals surface area contributed by atoms with Gasteiger partial charge >= 0.3 is 0 Å². The van der Waals surface area contributed by atoms with Crippen LogP contribution < -0.4 is 4.74 Å². The highest BCUT2D eigenvalue weighted by Crippen LogP contribution is 2.23. The third-order valence-corrected chi connectivity index (χ3v) is 4.17. The van der Waals surface area contributed by atoms with Gasteiger partial charge in [-0.25, -0.2) is 0 Å². The minimum absolute atomic E-state index is 0.0494. The Morgan fingerprint density at radius 3 is 2.77 bits per heavy atom. The maximum atomic E-state index is 12.6. The molecule has 0 radical (unpaired) electrons. The molecule has 5 nitrogen and oxygen atoms in total. The minimum Gasteiger partial charge on any atom is -0.484 e. The molecule has 0 unspecified atom stereocenters. The van der Waals surface area contributed by atoms with Crippen molar-refractivity contribution in [3.63, 3.8) is 0 Å². The number of nitriles is 1. The van der Waals surface area contributed by atoms with Gasteiger partial charge < -0.3 is 9.64 Å². The number of pyridine rings is 1. The maximum absolute atomic E-state index is 12.6. The third kappa shape index (κ3) is 5.59. The number of amides is 1. The Morgan fingerprint density at radius 1 is 1.35 bits per heavy atom. The molecule has 0 atom stereocenters. The molecule has 5 heteroatoms. The second kappa shape index (κ2) is 9.57. The number of rotatable bonds is 8. The van der Waals surface area contributed by atoms with Crippen molar-refractivity contribution in [1.29, 1.82) is 5.26 Å². The van der Waals surface area contributed by atoms with E-state index in [0.29, 0.717) is 24.8 Å². The Balaban J connectivity index is 2.00. The van der Waals surface area contributed by atoms with Crippen LogP contribution in [0.2, 0.25) is 0 Å². The average Bonchev–Trinajstić information content (AvgIpc) is 2.63. The number of aryl methyl sites for hydroxylation is 1. The van der Waals surface area contributed by atoms with Gasteiger partial charge in [0.25, 0.3) is 5.91 Å². The van der Waals surface area contributed by atoms with Crippen molar-refractivity contribution < 1.29 is 9.53 Å². The Kier molecular flexibility index (Phi) is 7.16. The third-order valence-electron chi connectivity index (χ3n) is 4.17. The van der Waals surface area contributed by atoms with Gasteiger partial charge in [-0.1, -0.05) is 26.0 Å². The van der Waals surface area contributed by atoms with Gasteiger partial charge in [-0.15, -0.1) is 0 Å². The highest BCUT2D eigenvalue weighted by Gasteiger charge is 2.15. The number of carbonyl (C=O) groups is 1. The molecule has 0 fully saturated rings. The van der Waals surface area contributed by atoms with Crippen LogP contribution in [0, 0.1) is 18.3 Å². The summed E-state index contributed by atoms with van der Waals surface area (Å²) in [5, 5.41) is 8.84. The number of nitrogens with zero attached hydrogens (tertiary/aromatic N) is 3. The van der Waals surface area contributed by atoms with Crippen molar-refractivity contribution in [2.75, 3.05) is 13.2 Å². The van der Waals surface area contributed by atoms with E-state index >= 15 is 0 Å². The maximum Gasteiger partial charge on any atom is 0.260 e. The highest BCUT2D eigenvalue weighted by atomic mass is 16.5. The van der Waals surface area contributed by atoms with E-state index in [4.69, 9.17) is 10.00 Å². The molecule has 136 valence electrons. The molecular weight excluding hydrogens is 326 g/mol. The van der Waals surface area contributed by atoms with Gasteiger partial charge in [0, 0.05) is 25.5 Å². The molecule has 0 spiro atoms. The summed E-state index contributed by atoms with van der Waals surface area (Å²) in [5.41, 5.74) is 3.36. The summed E-state index contributed by atoms with van der Waals surface area (Å²) in [6.07, 6.45) is 3.70. The molecule has 0 bridgehead atoms. The van der Waals surface area contributed by atoms with Crippen LogP contribution in [-0.2, 0) is 11.3 Å². The Labute approximate surface area is 155 Å². The predicted octanol–water partition coefficient (Wildman–Crippen LogP) is 3.83. The quantitative estimate of drug-likeness (QED) is 0.725. The van der Waals surface area contributed by atoms with Gasteiger partial charge in [0.1, 0.15) is 5.75 Å². The van der Waals surface area contributed by atoms with Gasteiger partial charge in [0.2, 0.25) is 0 Å². The van der Waals surface area contributed by atoms with Crippen LogP contribution in [0.15, 0.2) is 42.7 Å². The number of carbonyl (C=O) groups excluding carboxylic acids is 1. The molecule has 2 aromatic rings. The van der Waals surface area contributed by atoms with Crippen molar-refractivity contribution in [2.24, 2.45) is 0 Å². The number of ether oxygens (including phenoxy) is 1. The van der Waals surface area contributed by atoms with E-state index in [0.717, 1.165) is 11.1 Å². The Morgan fingerprint density at radius 2 is 2.15 bits per heavy atom. The summed E-state index contributed by atoms with van der Waals surface area (Å²) in [7, 11) is 0. The Bertz CT molecular complexity index is 767. The molecule has 2 rings (SSSR count). The lowest BCUT2D eigenvalue weighted by atomic mass is 9.98. The lowest BCUT2D eigenvalue weighted by Gasteiger charge is -2.22. The number of hydrogen-bond donors (Lipinski definition) is 0. The molecule has 26 heavy (non-hydrogen) atoms. The van der Waals surface area contributed by atoms with Crippen molar-refractivity contribution in [3.8, 4) is 11.8 Å². The number of aromatic nitrogens is 1. The topological polar surface area (TPSA) is 66.2 Å². The van der Waals surface area contributed by atoms with Gasteiger partial charge in [-0.2, -0.15) is 5.26 Å². The first-order valence-electron chi connectivity index (χ1n) is 8.78. The molecule has 1 aromatic heterocycles. The van der Waals surface area contributed by atoms with E-state index < -0.39 is 0 Å². The van der Waals surface area contributed by atoms with Gasteiger partial charge in [-0.3, -0.25) is 9.78 Å². The van der Waals surface area contributed by atoms with Crippen molar-refractivity contribution >= 4 is 5.91 Å². The average molecular weight is 351 g/mol. The normalized spacial score (nSPS) is 10.4. The molecule has 0 saturated heterocycles. The monoisotopic (exact) mass is 351 g/mol. The van der Waals surface area contributed by atoms with E-state index in [1.807, 2.05) is 37.3 Å². The number of benzene rings is 1. The van der Waals surface area contributed by atoms with Crippen LogP contribution in [0.4, 0.5) is 0 Å². The van der Waals surface area contributed by atoms with E-state index in [-0.39, 0.29) is 18.9 Å². The SMILES string of the molecule is Cc1cc(OCC(=O)N(CCC#N)Cc2cccnc2)ccc1C(C)C. The Hall–Kier alpha value is -2.87. The molecule has 0 aliphatic carbocycles. The molecule has 1 aromatic carbocycles. The van der Waals surface area contributed by atoms with E-state index in [1.165, 1.54) is 5.56 Å². The van der Waals surface area contributed by atoms with E-state index in [2.05, 4.69) is 24.9 Å². The summed E-state index contributed by atoms with van der Waals surface area (Å²) in [6, 6.07) is 11.7. The first-order valence-corrected chi connectivity index (χ1v) is 8.78. The minimum atomic E-state index is -0.144. The van der Waals surface area contributed by atoms with Gasteiger partial charge in [0.05, 0.1) is 12.5 Å². The zero-order valence-corrected chi connectivity index (χ0v) is 15.6. The van der Waals surface area contributed by atoms with Crippen LogP contribution in [-0.4, -0.2) is 28.9 Å². The molecule has 0 saturated carbocycles. The van der Waals surface area contributed by atoms with Crippen LogP contribution >= 0.6 is 0 Å². The van der Waals surface area contributed by atoms with Crippen molar-refractivity contribution in [1.82, 2.24) is 9.88 Å². The van der Waals surface area contributed by atoms with Crippen LogP contribution in [0.25, 0.3) is 0 Å². The molecular formula is C21H25N3O2.